The van der Waals surface area contributed by atoms with E-state index in [0.29, 0.717) is 13.2 Å². The molecule has 8 heteroatoms. The fraction of sp³-hybridized carbons (Fsp3) is 0.316. The number of anilines is 4. The minimum absolute atomic E-state index is 0.176. The number of hydrogen-bond acceptors (Lipinski definition) is 6. The van der Waals surface area contributed by atoms with Crippen LogP contribution in [-0.4, -0.2) is 27.2 Å². The number of ether oxygens (including phenoxy) is 2. The van der Waals surface area contributed by atoms with Gasteiger partial charge in [-0.25, -0.2) is 0 Å². The third-order valence-corrected chi connectivity index (χ3v) is 9.28. The second-order valence-corrected chi connectivity index (χ2v) is 12.6. The molecular weight excluding hydrogens is 566 g/mol. The number of rotatable bonds is 14. The Morgan fingerprint density at radius 2 is 0.848 bits per heavy atom. The van der Waals surface area contributed by atoms with Crippen LogP contribution in [0.15, 0.2) is 84.9 Å². The number of hydrogen-bond donors (Lipinski definition) is 4. The zero-order chi connectivity index (χ0) is 31.3. The molecule has 0 aliphatic carbocycles. The molecule has 5 aromatic carbocycles. The minimum atomic E-state index is -0.176. The molecule has 0 radical (unpaired) electrons. The molecule has 2 aliphatic heterocycles. The highest BCUT2D eigenvalue weighted by atomic mass is 16.5. The first-order valence-electron chi connectivity index (χ1n) is 17.3. The van der Waals surface area contributed by atoms with E-state index in [9.17, 15) is 0 Å². The molecule has 0 bridgehead atoms. The summed E-state index contributed by atoms with van der Waals surface area (Å²) in [6, 6.07) is 30.2. The Balaban J connectivity index is 1.27. The summed E-state index contributed by atoms with van der Waals surface area (Å²) in [6.07, 6.45) is 9.24. The molecule has 234 valence electrons. The topological polar surface area (TPSA) is 66.6 Å². The maximum absolute atomic E-state index is 6.68. The standard InChI is InChI=1S/C38H44B2N4O2/c1-3-5-7-9-23-45-35-25-30(40-43-33-21-13-17-28-18-14-22-34(44-40)38(28)33)36(46-24-10-8-6-4-2)26-29(35)39-41-31-19-11-15-27-16-12-20-32(42-39)37(27)31/h11-22,25-26,41-44H,3-10,23-24H2,1-2H3. The molecule has 7 rings (SSSR count). The Labute approximate surface area is 273 Å². The summed E-state index contributed by atoms with van der Waals surface area (Å²) in [5.74, 6) is 1.75. The van der Waals surface area contributed by atoms with Crippen LogP contribution in [0, 0.1) is 0 Å². The molecule has 0 amide bonds. The van der Waals surface area contributed by atoms with Crippen LogP contribution >= 0.6 is 0 Å². The highest BCUT2D eigenvalue weighted by molar-refractivity contribution is 6.83. The quantitative estimate of drug-likeness (QED) is 0.0749. The molecule has 0 atom stereocenters. The van der Waals surface area contributed by atoms with Crippen molar-refractivity contribution in [3.8, 4) is 11.5 Å². The Bertz CT molecular complexity index is 1620. The summed E-state index contributed by atoms with van der Waals surface area (Å²) in [6.45, 7) is 5.49. The zero-order valence-electron chi connectivity index (χ0n) is 27.1. The van der Waals surface area contributed by atoms with Gasteiger partial charge in [-0.2, -0.15) is 0 Å². The van der Waals surface area contributed by atoms with Crippen LogP contribution in [0.2, 0.25) is 0 Å². The van der Waals surface area contributed by atoms with Crippen molar-refractivity contribution < 1.29 is 9.47 Å². The maximum Gasteiger partial charge on any atom is 0.410 e. The molecule has 0 saturated heterocycles. The average Bonchev–Trinajstić information content (AvgIpc) is 3.08. The fourth-order valence-corrected chi connectivity index (χ4v) is 6.88. The summed E-state index contributed by atoms with van der Waals surface area (Å²) >= 11 is 0. The minimum Gasteiger partial charge on any atom is -0.494 e. The highest BCUT2D eigenvalue weighted by Gasteiger charge is 2.34. The molecule has 2 heterocycles. The Morgan fingerprint density at radius 3 is 1.20 bits per heavy atom. The molecule has 0 spiro atoms. The molecule has 6 nitrogen and oxygen atoms in total. The van der Waals surface area contributed by atoms with E-state index in [-0.39, 0.29) is 14.0 Å². The van der Waals surface area contributed by atoms with E-state index in [2.05, 4.69) is 120 Å². The smallest absolute Gasteiger partial charge is 0.410 e. The van der Waals surface area contributed by atoms with E-state index in [4.69, 9.17) is 9.47 Å². The van der Waals surface area contributed by atoms with Gasteiger partial charge in [-0.05, 0) is 60.0 Å². The summed E-state index contributed by atoms with van der Waals surface area (Å²) < 4.78 is 13.4. The van der Waals surface area contributed by atoms with E-state index in [1.54, 1.807) is 0 Å². The van der Waals surface area contributed by atoms with Crippen LogP contribution in [0.1, 0.15) is 65.2 Å². The molecule has 0 aromatic heterocycles. The molecule has 0 fully saturated rings. The second-order valence-electron chi connectivity index (χ2n) is 12.6. The van der Waals surface area contributed by atoms with Crippen molar-refractivity contribution in [1.82, 2.24) is 0 Å². The first-order valence-corrected chi connectivity index (χ1v) is 17.3. The van der Waals surface area contributed by atoms with E-state index in [1.807, 2.05) is 0 Å². The van der Waals surface area contributed by atoms with Crippen molar-refractivity contribution >= 4 is 69.2 Å². The van der Waals surface area contributed by atoms with Gasteiger partial charge < -0.3 is 30.4 Å². The van der Waals surface area contributed by atoms with Crippen LogP contribution in [-0.2, 0) is 0 Å². The lowest BCUT2D eigenvalue weighted by molar-refractivity contribution is 0.300. The molecule has 0 saturated carbocycles. The molecule has 46 heavy (non-hydrogen) atoms. The van der Waals surface area contributed by atoms with Crippen molar-refractivity contribution in [2.75, 3.05) is 34.1 Å². The van der Waals surface area contributed by atoms with Crippen molar-refractivity contribution in [2.45, 2.75) is 65.2 Å². The molecule has 5 aromatic rings. The molecular formula is C38H44B2N4O2. The first kappa shape index (κ1) is 30.2. The zero-order valence-corrected chi connectivity index (χ0v) is 27.1. The summed E-state index contributed by atoms with van der Waals surface area (Å²) in [5.41, 5.74) is 6.59. The average molecular weight is 610 g/mol. The SMILES string of the molecule is CCCCCCOc1cc(B2Nc3cccc4cccc(c34)N2)c(OCCCCCC)cc1B1Nc2cccc3cccc(c23)N1. The number of unbranched alkanes of at least 4 members (excludes halogenated alkanes) is 6. The van der Waals surface area contributed by atoms with Gasteiger partial charge in [-0.3, -0.25) is 0 Å². The maximum atomic E-state index is 6.68. The number of nitrogens with one attached hydrogen (secondary N) is 4. The van der Waals surface area contributed by atoms with Gasteiger partial charge in [-0.15, -0.1) is 0 Å². The van der Waals surface area contributed by atoms with Crippen LogP contribution in [0.25, 0.3) is 21.5 Å². The van der Waals surface area contributed by atoms with Crippen LogP contribution in [0.3, 0.4) is 0 Å². The molecule has 2 aliphatic rings. The Hall–Kier alpha value is -4.45. The number of benzene rings is 5. The predicted molar refractivity (Wildman–Crippen MR) is 199 cm³/mol. The lowest BCUT2D eigenvalue weighted by atomic mass is 9.61. The monoisotopic (exact) mass is 610 g/mol. The van der Waals surface area contributed by atoms with Crippen molar-refractivity contribution in [3.05, 3.63) is 84.9 Å². The van der Waals surface area contributed by atoms with Crippen LogP contribution in [0.4, 0.5) is 22.7 Å². The van der Waals surface area contributed by atoms with Crippen molar-refractivity contribution in [1.29, 1.82) is 0 Å². The van der Waals surface area contributed by atoms with E-state index in [0.717, 1.165) is 58.0 Å². The lowest BCUT2D eigenvalue weighted by Crippen LogP contribution is -2.52. The third-order valence-electron chi connectivity index (χ3n) is 9.28. The van der Waals surface area contributed by atoms with E-state index >= 15 is 0 Å². The van der Waals surface area contributed by atoms with Gasteiger partial charge in [0.05, 0.1) is 13.2 Å². The van der Waals surface area contributed by atoms with Crippen molar-refractivity contribution in [3.63, 3.8) is 0 Å². The summed E-state index contributed by atoms with van der Waals surface area (Å²) in [7, 11) is 0. The van der Waals surface area contributed by atoms with Crippen LogP contribution < -0.4 is 41.3 Å². The van der Waals surface area contributed by atoms with Crippen molar-refractivity contribution in [2.24, 2.45) is 0 Å². The molecule has 4 N–H and O–H groups in total. The normalized spacial score (nSPS) is 13.2. The van der Waals surface area contributed by atoms with Gasteiger partial charge in [0.2, 0.25) is 0 Å². The third kappa shape index (κ3) is 6.18. The second kappa shape index (κ2) is 13.9. The highest BCUT2D eigenvalue weighted by Crippen LogP contribution is 2.36. The molecule has 0 unspecified atom stereocenters. The first-order chi connectivity index (χ1) is 22.7. The Kier molecular flexibility index (Phi) is 9.13. The predicted octanol–water partition coefficient (Wildman–Crippen LogP) is 8.38. The largest absolute Gasteiger partial charge is 0.494 e. The summed E-state index contributed by atoms with van der Waals surface area (Å²) in [5, 5.41) is 20.0. The van der Waals surface area contributed by atoms with Crippen LogP contribution in [0.5, 0.6) is 11.5 Å². The van der Waals surface area contributed by atoms with Gasteiger partial charge >= 0.3 is 14.0 Å². The lowest BCUT2D eigenvalue weighted by Gasteiger charge is -2.31. The van der Waals surface area contributed by atoms with Gasteiger partial charge in [0.25, 0.3) is 0 Å². The van der Waals surface area contributed by atoms with Gasteiger partial charge in [0.15, 0.2) is 0 Å². The van der Waals surface area contributed by atoms with E-state index in [1.165, 1.54) is 60.1 Å². The fourth-order valence-electron chi connectivity index (χ4n) is 6.88. The van der Waals surface area contributed by atoms with Gasteiger partial charge in [0.1, 0.15) is 11.5 Å². The van der Waals surface area contributed by atoms with Gasteiger partial charge in [0, 0.05) is 44.4 Å². The Morgan fingerprint density at radius 1 is 0.478 bits per heavy atom. The van der Waals surface area contributed by atoms with E-state index < -0.39 is 0 Å². The summed E-state index contributed by atoms with van der Waals surface area (Å²) in [4.78, 5) is 0. The van der Waals surface area contributed by atoms with Gasteiger partial charge in [-0.1, -0.05) is 101 Å².